The van der Waals surface area contributed by atoms with Gasteiger partial charge >= 0.3 is 0 Å². The van der Waals surface area contributed by atoms with Gasteiger partial charge in [-0.3, -0.25) is 0 Å². The molecule has 0 amide bonds. The minimum atomic E-state index is -0.918. The predicted octanol–water partition coefficient (Wildman–Crippen LogP) is -1.49. The van der Waals surface area contributed by atoms with Crippen LogP contribution in [0.5, 0.6) is 0 Å². The Bertz CT molecular complexity index is 202. The molecule has 0 aromatic carbocycles. The van der Waals surface area contributed by atoms with Crippen LogP contribution in [0.2, 0.25) is 0 Å². The van der Waals surface area contributed by atoms with E-state index in [4.69, 9.17) is 30.6 Å². The number of hydrogen-bond donors (Lipinski definition) is 6. The molecule has 6 nitrogen and oxygen atoms in total. The first-order valence-corrected chi connectivity index (χ1v) is 6.48. The molecule has 0 heterocycles. The number of hydrogen-bond acceptors (Lipinski definition) is 6. The molecule has 108 valence electrons. The highest BCUT2D eigenvalue weighted by Crippen LogP contribution is 2.19. The van der Waals surface area contributed by atoms with Crippen molar-refractivity contribution in [3.63, 3.8) is 0 Å². The molecular weight excluding hydrogens is 240 g/mol. The fourth-order valence-corrected chi connectivity index (χ4v) is 2.36. The lowest BCUT2D eigenvalue weighted by Gasteiger charge is -2.27. The van der Waals surface area contributed by atoms with E-state index < -0.39 is 36.6 Å². The predicted molar refractivity (Wildman–Crippen MR) is 63.7 cm³/mol. The van der Waals surface area contributed by atoms with E-state index in [0.29, 0.717) is 32.1 Å². The van der Waals surface area contributed by atoms with Crippen LogP contribution >= 0.6 is 0 Å². The van der Waals surface area contributed by atoms with Crippen molar-refractivity contribution < 1.29 is 30.6 Å². The molecule has 0 bridgehead atoms. The average molecular weight is 264 g/mol. The van der Waals surface area contributed by atoms with Crippen LogP contribution in [-0.4, -0.2) is 67.3 Å². The number of rotatable bonds is 0. The Balaban J connectivity index is 0.000000180. The Labute approximate surface area is 107 Å². The van der Waals surface area contributed by atoms with Gasteiger partial charge in [0, 0.05) is 0 Å². The molecule has 2 rings (SSSR count). The second kappa shape index (κ2) is 7.37. The monoisotopic (exact) mass is 264 g/mol. The van der Waals surface area contributed by atoms with E-state index in [1.54, 1.807) is 0 Å². The summed E-state index contributed by atoms with van der Waals surface area (Å²) < 4.78 is 0. The van der Waals surface area contributed by atoms with Crippen molar-refractivity contribution in [3.8, 4) is 0 Å². The van der Waals surface area contributed by atoms with Gasteiger partial charge in [0.15, 0.2) is 0 Å². The van der Waals surface area contributed by atoms with Crippen LogP contribution < -0.4 is 0 Å². The van der Waals surface area contributed by atoms with Gasteiger partial charge in [0.25, 0.3) is 0 Å². The Hall–Kier alpha value is -0.240. The van der Waals surface area contributed by atoms with Crippen LogP contribution in [0.15, 0.2) is 0 Å². The molecule has 2 fully saturated rings. The van der Waals surface area contributed by atoms with Crippen LogP contribution in [0.4, 0.5) is 0 Å². The average Bonchev–Trinajstić information content (AvgIpc) is 2.24. The van der Waals surface area contributed by atoms with Crippen LogP contribution in [0.25, 0.3) is 0 Å². The van der Waals surface area contributed by atoms with E-state index in [-0.39, 0.29) is 0 Å². The molecule has 0 spiro atoms. The molecule has 2 unspecified atom stereocenters. The third-order valence-corrected chi connectivity index (χ3v) is 3.42. The Morgan fingerprint density at radius 3 is 1.17 bits per heavy atom. The molecule has 6 N–H and O–H groups in total. The van der Waals surface area contributed by atoms with E-state index in [1.807, 2.05) is 0 Å². The SMILES string of the molecule is OC1CC(O)CC(O)C1.OC1CCCC(O)C1O. The number of aliphatic hydroxyl groups excluding tert-OH is 6. The Morgan fingerprint density at radius 1 is 0.556 bits per heavy atom. The molecule has 0 saturated heterocycles. The normalized spacial score (nSPS) is 45.0. The van der Waals surface area contributed by atoms with Gasteiger partial charge in [-0.15, -0.1) is 0 Å². The summed E-state index contributed by atoms with van der Waals surface area (Å²) in [7, 11) is 0. The van der Waals surface area contributed by atoms with Crippen molar-refractivity contribution in [2.24, 2.45) is 0 Å². The van der Waals surface area contributed by atoms with Crippen molar-refractivity contribution in [3.05, 3.63) is 0 Å². The van der Waals surface area contributed by atoms with Gasteiger partial charge in [-0.1, -0.05) is 0 Å². The van der Waals surface area contributed by atoms with Gasteiger partial charge in [-0.05, 0) is 38.5 Å². The van der Waals surface area contributed by atoms with Gasteiger partial charge in [-0.25, -0.2) is 0 Å². The molecule has 6 heteroatoms. The van der Waals surface area contributed by atoms with Crippen molar-refractivity contribution >= 4 is 0 Å². The zero-order chi connectivity index (χ0) is 13.7. The lowest BCUT2D eigenvalue weighted by atomic mass is 9.92. The van der Waals surface area contributed by atoms with E-state index in [2.05, 4.69) is 0 Å². The smallest absolute Gasteiger partial charge is 0.106 e. The molecule has 0 aromatic heterocycles. The van der Waals surface area contributed by atoms with Crippen LogP contribution in [0.3, 0.4) is 0 Å². The van der Waals surface area contributed by atoms with Crippen molar-refractivity contribution in [2.45, 2.75) is 75.1 Å². The molecule has 0 aliphatic heterocycles. The molecule has 2 aliphatic carbocycles. The van der Waals surface area contributed by atoms with Crippen molar-refractivity contribution in [1.82, 2.24) is 0 Å². The van der Waals surface area contributed by atoms with Gasteiger partial charge in [0.2, 0.25) is 0 Å². The van der Waals surface area contributed by atoms with Crippen LogP contribution in [0.1, 0.15) is 38.5 Å². The van der Waals surface area contributed by atoms with E-state index in [9.17, 15) is 0 Å². The second-order valence-electron chi connectivity index (χ2n) is 5.22. The Morgan fingerprint density at radius 2 is 0.889 bits per heavy atom. The highest BCUT2D eigenvalue weighted by atomic mass is 16.4. The summed E-state index contributed by atoms with van der Waals surface area (Å²) in [6.45, 7) is 0. The van der Waals surface area contributed by atoms with E-state index in [1.165, 1.54) is 0 Å². The summed E-state index contributed by atoms with van der Waals surface area (Å²) in [6, 6.07) is 0. The standard InChI is InChI=1S/2C6H12O3/c7-4-1-5(8)3-6(9)2-4;7-4-2-1-3-5(8)6(4)9/h2*4-9H,1-3H2. The fraction of sp³-hybridized carbons (Fsp3) is 1.00. The van der Waals surface area contributed by atoms with Gasteiger partial charge in [0.05, 0.1) is 30.5 Å². The van der Waals surface area contributed by atoms with E-state index >= 15 is 0 Å². The third-order valence-electron chi connectivity index (χ3n) is 3.42. The lowest BCUT2D eigenvalue weighted by molar-refractivity contribution is -0.0843. The van der Waals surface area contributed by atoms with Crippen LogP contribution in [-0.2, 0) is 0 Å². The first-order chi connectivity index (χ1) is 8.40. The quantitative estimate of drug-likeness (QED) is 0.317. The molecule has 0 aromatic rings. The first kappa shape index (κ1) is 15.8. The topological polar surface area (TPSA) is 121 Å². The maximum absolute atomic E-state index is 8.95. The summed E-state index contributed by atoms with van der Waals surface area (Å²) in [4.78, 5) is 0. The fourth-order valence-electron chi connectivity index (χ4n) is 2.36. The maximum Gasteiger partial charge on any atom is 0.106 e. The summed E-state index contributed by atoms with van der Waals surface area (Å²) in [5, 5.41) is 53.6. The zero-order valence-electron chi connectivity index (χ0n) is 10.4. The number of aliphatic hydroxyl groups is 6. The van der Waals surface area contributed by atoms with Crippen LogP contribution in [0, 0.1) is 0 Å². The van der Waals surface area contributed by atoms with Gasteiger partial charge in [-0.2, -0.15) is 0 Å². The lowest BCUT2D eigenvalue weighted by Crippen LogP contribution is -2.40. The molecular formula is C12H24O6. The molecule has 18 heavy (non-hydrogen) atoms. The summed E-state index contributed by atoms with van der Waals surface area (Å²) in [6.07, 6.45) is -0.612. The van der Waals surface area contributed by atoms with Crippen molar-refractivity contribution in [2.75, 3.05) is 0 Å². The molecule has 2 atom stereocenters. The molecule has 2 saturated carbocycles. The highest BCUT2D eigenvalue weighted by Gasteiger charge is 2.28. The third kappa shape index (κ3) is 5.17. The van der Waals surface area contributed by atoms with Gasteiger partial charge in [0.1, 0.15) is 6.10 Å². The second-order valence-corrected chi connectivity index (χ2v) is 5.22. The minimum absolute atomic E-state index is 0.414. The maximum atomic E-state index is 8.95. The van der Waals surface area contributed by atoms with Gasteiger partial charge < -0.3 is 30.6 Å². The van der Waals surface area contributed by atoms with E-state index in [0.717, 1.165) is 6.42 Å². The Kier molecular flexibility index (Phi) is 6.48. The molecule has 2 aliphatic rings. The summed E-state index contributed by atoms with van der Waals surface area (Å²) >= 11 is 0. The largest absolute Gasteiger partial charge is 0.393 e. The summed E-state index contributed by atoms with van der Waals surface area (Å²) in [5.41, 5.74) is 0. The minimum Gasteiger partial charge on any atom is -0.393 e. The zero-order valence-corrected chi connectivity index (χ0v) is 10.4. The first-order valence-electron chi connectivity index (χ1n) is 6.48. The van der Waals surface area contributed by atoms with Crippen molar-refractivity contribution in [1.29, 1.82) is 0 Å². The molecule has 0 radical (unpaired) electrons. The highest BCUT2D eigenvalue weighted by molar-refractivity contribution is 4.80. The summed E-state index contributed by atoms with van der Waals surface area (Å²) in [5.74, 6) is 0.